The average Bonchev–Trinajstić information content (AvgIpc) is 2.59. The molecule has 0 aliphatic carbocycles. The molecule has 1 saturated heterocycles. The van der Waals surface area contributed by atoms with Crippen molar-refractivity contribution in [1.82, 2.24) is 4.90 Å². The molecule has 4 nitrogen and oxygen atoms in total. The number of likely N-dealkylation sites (tertiary alicyclic amines) is 1. The molecule has 1 heterocycles. The van der Waals surface area contributed by atoms with Gasteiger partial charge < -0.3 is 10.0 Å². The van der Waals surface area contributed by atoms with Gasteiger partial charge in [-0.15, -0.1) is 0 Å². The molecule has 4 heteroatoms. The van der Waals surface area contributed by atoms with Crippen molar-refractivity contribution < 1.29 is 9.90 Å². The largest absolute Gasteiger partial charge is 0.481 e. The minimum absolute atomic E-state index is 0.223. The van der Waals surface area contributed by atoms with E-state index in [1.54, 1.807) is 0 Å². The van der Waals surface area contributed by atoms with E-state index < -0.39 is 5.97 Å². The van der Waals surface area contributed by atoms with Crippen LogP contribution in [0.5, 0.6) is 0 Å². The zero-order valence-corrected chi connectivity index (χ0v) is 10.9. The number of nitriles is 1. The molecule has 0 saturated carbocycles. The second kappa shape index (κ2) is 5.50. The Bertz CT molecular complexity index is 320. The summed E-state index contributed by atoms with van der Waals surface area (Å²) in [5, 5.41) is 17.9. The highest BCUT2D eigenvalue weighted by molar-refractivity contribution is 5.71. The number of nitrogens with zero attached hydrogens (tertiary/aromatic N) is 2. The summed E-state index contributed by atoms with van der Waals surface area (Å²) < 4.78 is 0. The first-order chi connectivity index (χ1) is 7.85. The second-order valence-corrected chi connectivity index (χ2v) is 5.78. The number of aliphatic carboxylic acids is 1. The molecule has 2 atom stereocenters. The first kappa shape index (κ1) is 14.0. The van der Waals surface area contributed by atoms with Gasteiger partial charge in [-0.25, -0.2) is 0 Å². The Balaban J connectivity index is 2.32. The summed E-state index contributed by atoms with van der Waals surface area (Å²) in [7, 11) is 0. The first-order valence-corrected chi connectivity index (χ1v) is 6.22. The average molecular weight is 238 g/mol. The van der Waals surface area contributed by atoms with Crippen LogP contribution in [0.2, 0.25) is 0 Å². The number of carbonyl (C=O) groups is 1. The number of carboxylic acid groups (broad SMARTS) is 1. The van der Waals surface area contributed by atoms with Crippen LogP contribution >= 0.6 is 0 Å². The third-order valence-electron chi connectivity index (χ3n) is 3.58. The van der Waals surface area contributed by atoms with Gasteiger partial charge in [-0.05, 0) is 39.2 Å². The van der Waals surface area contributed by atoms with Gasteiger partial charge in [0.1, 0.15) is 0 Å². The molecule has 0 unspecified atom stereocenters. The fourth-order valence-corrected chi connectivity index (χ4v) is 2.37. The Morgan fingerprint density at radius 2 is 2.18 bits per heavy atom. The van der Waals surface area contributed by atoms with Crippen molar-refractivity contribution in [3.05, 3.63) is 0 Å². The quantitative estimate of drug-likeness (QED) is 0.795. The maximum absolute atomic E-state index is 11.0. The SMILES string of the molecule is C[C@@H]1CN(CCCC(C)(C)C#N)C[C@H]1C(=O)O. The van der Waals surface area contributed by atoms with Crippen LogP contribution in [0, 0.1) is 28.6 Å². The fourth-order valence-electron chi connectivity index (χ4n) is 2.37. The van der Waals surface area contributed by atoms with Crippen molar-refractivity contribution in [3.8, 4) is 6.07 Å². The van der Waals surface area contributed by atoms with E-state index in [9.17, 15) is 4.79 Å². The minimum Gasteiger partial charge on any atom is -0.481 e. The fraction of sp³-hybridized carbons (Fsp3) is 0.846. The van der Waals surface area contributed by atoms with Crippen LogP contribution in [-0.2, 0) is 4.79 Å². The lowest BCUT2D eigenvalue weighted by Gasteiger charge is -2.19. The van der Waals surface area contributed by atoms with Crippen molar-refractivity contribution in [1.29, 1.82) is 5.26 Å². The predicted octanol–water partition coefficient (Wildman–Crippen LogP) is 1.97. The number of carboxylic acids is 1. The van der Waals surface area contributed by atoms with Gasteiger partial charge in [0.25, 0.3) is 0 Å². The molecule has 17 heavy (non-hydrogen) atoms. The Kier molecular flexibility index (Phi) is 4.53. The zero-order valence-electron chi connectivity index (χ0n) is 10.9. The lowest BCUT2D eigenvalue weighted by Crippen LogP contribution is -2.25. The molecule has 1 rings (SSSR count). The summed E-state index contributed by atoms with van der Waals surface area (Å²) in [5.41, 5.74) is -0.266. The Morgan fingerprint density at radius 3 is 2.65 bits per heavy atom. The molecule has 0 bridgehead atoms. The van der Waals surface area contributed by atoms with Crippen LogP contribution in [0.15, 0.2) is 0 Å². The first-order valence-electron chi connectivity index (χ1n) is 6.22. The van der Waals surface area contributed by atoms with Crippen LogP contribution in [0.25, 0.3) is 0 Å². The van der Waals surface area contributed by atoms with Gasteiger partial charge in [-0.3, -0.25) is 4.79 Å². The standard InChI is InChI=1S/C13H22N2O2/c1-10-7-15(8-11(10)12(16)17)6-4-5-13(2,3)9-14/h10-11H,4-8H2,1-3H3,(H,16,17)/t10-,11-/m1/s1. The van der Waals surface area contributed by atoms with E-state index in [4.69, 9.17) is 10.4 Å². The molecule has 0 radical (unpaired) electrons. The molecule has 0 spiro atoms. The Hall–Kier alpha value is -1.08. The molecule has 0 aromatic carbocycles. The summed E-state index contributed by atoms with van der Waals surface area (Å²) in [6, 6.07) is 2.29. The van der Waals surface area contributed by atoms with Crippen LogP contribution in [-0.4, -0.2) is 35.6 Å². The van der Waals surface area contributed by atoms with E-state index >= 15 is 0 Å². The van der Waals surface area contributed by atoms with Crippen LogP contribution in [0.1, 0.15) is 33.6 Å². The van der Waals surface area contributed by atoms with E-state index in [2.05, 4.69) is 11.0 Å². The number of hydrogen-bond acceptors (Lipinski definition) is 3. The third-order valence-corrected chi connectivity index (χ3v) is 3.58. The summed E-state index contributed by atoms with van der Waals surface area (Å²) in [6.45, 7) is 8.31. The van der Waals surface area contributed by atoms with E-state index in [0.717, 1.165) is 25.9 Å². The van der Waals surface area contributed by atoms with Gasteiger partial charge in [0.15, 0.2) is 0 Å². The number of hydrogen-bond donors (Lipinski definition) is 1. The van der Waals surface area contributed by atoms with Gasteiger partial charge >= 0.3 is 5.97 Å². The highest BCUT2D eigenvalue weighted by Crippen LogP contribution is 2.25. The third kappa shape index (κ3) is 4.01. The summed E-state index contributed by atoms with van der Waals surface area (Å²) in [5.74, 6) is -0.673. The molecule has 0 amide bonds. The Morgan fingerprint density at radius 1 is 1.53 bits per heavy atom. The molecule has 1 fully saturated rings. The maximum Gasteiger partial charge on any atom is 0.308 e. The van der Waals surface area contributed by atoms with E-state index in [0.29, 0.717) is 6.54 Å². The van der Waals surface area contributed by atoms with Crippen molar-refractivity contribution in [2.24, 2.45) is 17.3 Å². The van der Waals surface area contributed by atoms with Crippen molar-refractivity contribution in [3.63, 3.8) is 0 Å². The molecule has 0 aromatic rings. The monoisotopic (exact) mass is 238 g/mol. The molecule has 1 N–H and O–H groups in total. The smallest absolute Gasteiger partial charge is 0.308 e. The van der Waals surface area contributed by atoms with Crippen molar-refractivity contribution in [2.45, 2.75) is 33.6 Å². The van der Waals surface area contributed by atoms with E-state index in [1.165, 1.54) is 0 Å². The molecule has 96 valence electrons. The Labute approximate surface area is 103 Å². The number of rotatable bonds is 5. The lowest BCUT2D eigenvalue weighted by atomic mass is 9.90. The highest BCUT2D eigenvalue weighted by Gasteiger charge is 2.34. The molecule has 0 aromatic heterocycles. The molecule has 1 aliphatic heterocycles. The van der Waals surface area contributed by atoms with Gasteiger partial charge in [0.05, 0.1) is 17.4 Å². The maximum atomic E-state index is 11.0. The summed E-state index contributed by atoms with van der Waals surface area (Å²) >= 11 is 0. The predicted molar refractivity (Wildman–Crippen MR) is 65.4 cm³/mol. The normalized spacial score (nSPS) is 25.8. The van der Waals surface area contributed by atoms with Crippen molar-refractivity contribution in [2.75, 3.05) is 19.6 Å². The highest BCUT2D eigenvalue weighted by atomic mass is 16.4. The van der Waals surface area contributed by atoms with Crippen molar-refractivity contribution >= 4 is 5.97 Å². The molecule has 1 aliphatic rings. The topological polar surface area (TPSA) is 64.3 Å². The summed E-state index contributed by atoms with van der Waals surface area (Å²) in [6.07, 6.45) is 1.83. The zero-order chi connectivity index (χ0) is 13.1. The van der Waals surface area contributed by atoms with Crippen LogP contribution < -0.4 is 0 Å². The minimum atomic E-state index is -0.683. The van der Waals surface area contributed by atoms with Gasteiger partial charge in [-0.1, -0.05) is 6.92 Å². The second-order valence-electron chi connectivity index (χ2n) is 5.78. The van der Waals surface area contributed by atoms with E-state index in [1.807, 2.05) is 20.8 Å². The van der Waals surface area contributed by atoms with E-state index in [-0.39, 0.29) is 17.3 Å². The van der Waals surface area contributed by atoms with Gasteiger partial charge in [0, 0.05) is 13.1 Å². The van der Waals surface area contributed by atoms with Gasteiger partial charge in [0.2, 0.25) is 0 Å². The molecular weight excluding hydrogens is 216 g/mol. The lowest BCUT2D eigenvalue weighted by molar-refractivity contribution is -0.142. The molecular formula is C13H22N2O2. The summed E-state index contributed by atoms with van der Waals surface area (Å²) in [4.78, 5) is 13.2. The van der Waals surface area contributed by atoms with Gasteiger partial charge in [-0.2, -0.15) is 5.26 Å². The van der Waals surface area contributed by atoms with Crippen LogP contribution in [0.4, 0.5) is 0 Å². The van der Waals surface area contributed by atoms with Crippen LogP contribution in [0.3, 0.4) is 0 Å².